The fourth-order valence-electron chi connectivity index (χ4n) is 2.70. The average molecular weight is 365 g/mol. The number of pyridine rings is 1. The Morgan fingerprint density at radius 3 is 2.67 bits per heavy atom. The summed E-state index contributed by atoms with van der Waals surface area (Å²) >= 11 is 3.24. The first-order chi connectivity index (χ1) is 9.79. The summed E-state index contributed by atoms with van der Waals surface area (Å²) in [6.45, 7) is 1.80. The van der Waals surface area contributed by atoms with Crippen LogP contribution in [0.4, 0.5) is 18.9 Å². The molecule has 1 aromatic rings. The van der Waals surface area contributed by atoms with E-state index in [0.717, 1.165) is 5.56 Å². The molecule has 0 aromatic carbocycles. The van der Waals surface area contributed by atoms with Crippen LogP contribution in [0.25, 0.3) is 0 Å². The number of hydrogen-bond acceptors (Lipinski definition) is 2. The number of carbonyl (C=O) groups is 1. The van der Waals surface area contributed by atoms with Crippen molar-refractivity contribution in [2.75, 3.05) is 5.32 Å². The quantitative estimate of drug-likeness (QED) is 0.787. The van der Waals surface area contributed by atoms with Crippen LogP contribution < -0.4 is 5.32 Å². The summed E-state index contributed by atoms with van der Waals surface area (Å²) in [7, 11) is 0. The van der Waals surface area contributed by atoms with Crippen molar-refractivity contribution in [3.63, 3.8) is 0 Å². The molecule has 2 atom stereocenters. The van der Waals surface area contributed by atoms with Crippen molar-refractivity contribution in [1.29, 1.82) is 0 Å². The number of aromatic nitrogens is 1. The highest BCUT2D eigenvalue weighted by Crippen LogP contribution is 2.41. The molecule has 1 saturated carbocycles. The Kier molecular flexibility index (Phi) is 4.91. The second kappa shape index (κ2) is 6.34. The van der Waals surface area contributed by atoms with Crippen LogP contribution in [0, 0.1) is 18.8 Å². The summed E-state index contributed by atoms with van der Waals surface area (Å²) < 4.78 is 39.7. The van der Waals surface area contributed by atoms with Crippen molar-refractivity contribution in [2.24, 2.45) is 11.8 Å². The molecule has 0 aliphatic heterocycles. The third-order valence-electron chi connectivity index (χ3n) is 3.81. The van der Waals surface area contributed by atoms with Crippen LogP contribution in [-0.4, -0.2) is 17.1 Å². The Balaban J connectivity index is 2.12. The van der Waals surface area contributed by atoms with Crippen LogP contribution in [0.15, 0.2) is 16.9 Å². The Morgan fingerprint density at radius 1 is 1.38 bits per heavy atom. The van der Waals surface area contributed by atoms with E-state index in [4.69, 9.17) is 0 Å². The summed E-state index contributed by atoms with van der Waals surface area (Å²) in [6, 6.07) is 1.68. The maximum Gasteiger partial charge on any atom is 0.392 e. The van der Waals surface area contributed by atoms with Gasteiger partial charge in [0.25, 0.3) is 0 Å². The summed E-state index contributed by atoms with van der Waals surface area (Å²) in [5, 5.41) is 2.56. The second-order valence-corrected chi connectivity index (χ2v) is 6.11. The molecule has 1 N–H and O–H groups in total. The highest BCUT2D eigenvalue weighted by atomic mass is 79.9. The molecule has 0 saturated heterocycles. The van der Waals surface area contributed by atoms with Gasteiger partial charge < -0.3 is 5.32 Å². The number of rotatable bonds is 2. The summed E-state index contributed by atoms with van der Waals surface area (Å²) in [5.41, 5.74) is 1.23. The van der Waals surface area contributed by atoms with Crippen LogP contribution in [0.2, 0.25) is 0 Å². The second-order valence-electron chi connectivity index (χ2n) is 5.36. The van der Waals surface area contributed by atoms with Crippen molar-refractivity contribution < 1.29 is 18.0 Å². The first-order valence-corrected chi connectivity index (χ1v) is 7.58. The molecule has 116 valence electrons. The van der Waals surface area contributed by atoms with Gasteiger partial charge in [-0.1, -0.05) is 12.8 Å². The smallest absolute Gasteiger partial charge is 0.324 e. The van der Waals surface area contributed by atoms with Crippen LogP contribution in [0.1, 0.15) is 31.2 Å². The van der Waals surface area contributed by atoms with Gasteiger partial charge in [0.05, 0.1) is 17.8 Å². The van der Waals surface area contributed by atoms with Gasteiger partial charge in [-0.3, -0.25) is 4.79 Å². The molecule has 2 rings (SSSR count). The van der Waals surface area contributed by atoms with E-state index in [2.05, 4.69) is 26.2 Å². The third kappa shape index (κ3) is 3.96. The first kappa shape index (κ1) is 16.3. The molecule has 1 aliphatic rings. The molecule has 0 spiro atoms. The molecule has 0 radical (unpaired) electrons. The zero-order valence-corrected chi connectivity index (χ0v) is 13.1. The van der Waals surface area contributed by atoms with Gasteiger partial charge in [-0.25, -0.2) is 4.98 Å². The highest BCUT2D eigenvalue weighted by Gasteiger charge is 2.48. The van der Waals surface area contributed by atoms with Crippen molar-refractivity contribution in [3.8, 4) is 0 Å². The van der Waals surface area contributed by atoms with E-state index in [-0.39, 0.29) is 12.8 Å². The lowest BCUT2D eigenvalue weighted by molar-refractivity contribution is -0.197. The number of nitrogens with zero attached hydrogens (tertiary/aromatic N) is 1. The molecule has 1 aromatic heterocycles. The average Bonchev–Trinajstić information content (AvgIpc) is 2.42. The molecule has 1 fully saturated rings. The molecule has 2 unspecified atom stereocenters. The van der Waals surface area contributed by atoms with Gasteiger partial charge >= 0.3 is 6.18 Å². The monoisotopic (exact) mass is 364 g/mol. The van der Waals surface area contributed by atoms with Crippen molar-refractivity contribution in [3.05, 3.63) is 22.4 Å². The molecular formula is C14H16BrF3N2O. The Hall–Kier alpha value is -1.11. The van der Waals surface area contributed by atoms with E-state index in [9.17, 15) is 18.0 Å². The predicted octanol–water partition coefficient (Wildman–Crippen LogP) is 4.46. The number of anilines is 1. The SMILES string of the molecule is Cc1cc(NC(=O)C2CCCCC2C(F)(F)F)cnc1Br. The normalized spacial score (nSPS) is 22.9. The maximum absolute atomic E-state index is 13.0. The number of halogens is 4. The van der Waals surface area contributed by atoms with Crippen LogP contribution in [-0.2, 0) is 4.79 Å². The number of hydrogen-bond donors (Lipinski definition) is 1. The van der Waals surface area contributed by atoms with Gasteiger partial charge in [-0.05, 0) is 47.3 Å². The number of carbonyl (C=O) groups excluding carboxylic acids is 1. The van der Waals surface area contributed by atoms with Crippen molar-refractivity contribution in [1.82, 2.24) is 4.98 Å². The summed E-state index contributed by atoms with van der Waals surface area (Å²) in [6.07, 6.45) is -1.41. The van der Waals surface area contributed by atoms with E-state index < -0.39 is 23.9 Å². The summed E-state index contributed by atoms with van der Waals surface area (Å²) in [5.74, 6) is -3.13. The molecule has 3 nitrogen and oxygen atoms in total. The van der Waals surface area contributed by atoms with E-state index in [0.29, 0.717) is 23.1 Å². The zero-order chi connectivity index (χ0) is 15.6. The Morgan fingerprint density at radius 2 is 2.05 bits per heavy atom. The largest absolute Gasteiger partial charge is 0.392 e. The lowest BCUT2D eigenvalue weighted by Crippen LogP contribution is -2.39. The summed E-state index contributed by atoms with van der Waals surface area (Å²) in [4.78, 5) is 16.2. The fraction of sp³-hybridized carbons (Fsp3) is 0.571. The molecule has 1 heterocycles. The van der Waals surface area contributed by atoms with Crippen molar-refractivity contribution >= 4 is 27.5 Å². The zero-order valence-electron chi connectivity index (χ0n) is 11.5. The minimum Gasteiger partial charge on any atom is -0.324 e. The van der Waals surface area contributed by atoms with Crippen molar-refractivity contribution in [2.45, 2.75) is 38.8 Å². The van der Waals surface area contributed by atoms with E-state index >= 15 is 0 Å². The lowest BCUT2D eigenvalue weighted by atomic mass is 9.78. The maximum atomic E-state index is 13.0. The number of aryl methyl sites for hydroxylation is 1. The Labute approximate surface area is 129 Å². The van der Waals surface area contributed by atoms with Crippen LogP contribution in [0.3, 0.4) is 0 Å². The van der Waals surface area contributed by atoms with Gasteiger partial charge in [-0.15, -0.1) is 0 Å². The van der Waals surface area contributed by atoms with Gasteiger partial charge in [-0.2, -0.15) is 13.2 Å². The van der Waals surface area contributed by atoms with E-state index in [1.165, 1.54) is 6.20 Å². The van der Waals surface area contributed by atoms with Crippen LogP contribution >= 0.6 is 15.9 Å². The van der Waals surface area contributed by atoms with Gasteiger partial charge in [0.1, 0.15) is 4.60 Å². The number of alkyl halides is 3. The minimum absolute atomic E-state index is 0.0270. The topological polar surface area (TPSA) is 42.0 Å². The molecule has 21 heavy (non-hydrogen) atoms. The Bertz CT molecular complexity index is 533. The molecule has 1 aliphatic carbocycles. The third-order valence-corrected chi connectivity index (χ3v) is 4.64. The molecule has 0 bridgehead atoms. The fourth-order valence-corrected chi connectivity index (χ4v) is 2.91. The van der Waals surface area contributed by atoms with E-state index in [1.54, 1.807) is 13.0 Å². The predicted molar refractivity (Wildman–Crippen MR) is 76.8 cm³/mol. The number of amides is 1. The molecule has 7 heteroatoms. The molecular weight excluding hydrogens is 349 g/mol. The van der Waals surface area contributed by atoms with Gasteiger partial charge in [0.2, 0.25) is 5.91 Å². The number of nitrogens with one attached hydrogen (secondary N) is 1. The molecule has 1 amide bonds. The van der Waals surface area contributed by atoms with Gasteiger partial charge in [0.15, 0.2) is 0 Å². The standard InChI is InChI=1S/C14H16BrF3N2O/c1-8-6-9(7-19-12(8)15)20-13(21)10-4-2-3-5-11(10)14(16,17)18/h6-7,10-11H,2-5H2,1H3,(H,20,21). The lowest BCUT2D eigenvalue weighted by Gasteiger charge is -2.31. The van der Waals surface area contributed by atoms with Gasteiger partial charge in [0, 0.05) is 5.92 Å². The van der Waals surface area contributed by atoms with E-state index in [1.807, 2.05) is 0 Å². The highest BCUT2D eigenvalue weighted by molar-refractivity contribution is 9.10. The van der Waals surface area contributed by atoms with Crippen LogP contribution in [0.5, 0.6) is 0 Å². The first-order valence-electron chi connectivity index (χ1n) is 6.79. The minimum atomic E-state index is -4.32.